The molecule has 1 saturated heterocycles. The Labute approximate surface area is 81.4 Å². The average Bonchev–Trinajstić information content (AvgIpc) is 2.28. The van der Waals surface area contributed by atoms with Gasteiger partial charge in [-0.05, 0) is 25.2 Å². The van der Waals surface area contributed by atoms with Crippen LogP contribution >= 0.6 is 15.9 Å². The predicted octanol–water partition coefficient (Wildman–Crippen LogP) is 1.78. The van der Waals surface area contributed by atoms with Gasteiger partial charge in [-0.2, -0.15) is 0 Å². The van der Waals surface area contributed by atoms with Crippen molar-refractivity contribution in [3.05, 3.63) is 0 Å². The SMILES string of the molecule is CC1CC(N2CCC(Br)C2=O)C1. The van der Waals surface area contributed by atoms with E-state index in [0.29, 0.717) is 11.9 Å². The molecule has 0 aromatic carbocycles. The van der Waals surface area contributed by atoms with Crippen LogP contribution in [0.1, 0.15) is 26.2 Å². The van der Waals surface area contributed by atoms with E-state index in [4.69, 9.17) is 0 Å². The summed E-state index contributed by atoms with van der Waals surface area (Å²) < 4.78 is 0. The van der Waals surface area contributed by atoms with Crippen LogP contribution in [0.25, 0.3) is 0 Å². The maximum atomic E-state index is 11.5. The quantitative estimate of drug-likeness (QED) is 0.631. The lowest BCUT2D eigenvalue weighted by Gasteiger charge is -2.39. The number of amides is 1. The van der Waals surface area contributed by atoms with E-state index >= 15 is 0 Å². The summed E-state index contributed by atoms with van der Waals surface area (Å²) in [4.78, 5) is 13.7. The second kappa shape index (κ2) is 3.02. The molecule has 1 atom stereocenters. The first-order valence-corrected chi connectivity index (χ1v) is 5.54. The van der Waals surface area contributed by atoms with E-state index in [1.807, 2.05) is 0 Å². The highest BCUT2D eigenvalue weighted by molar-refractivity contribution is 9.10. The summed E-state index contributed by atoms with van der Waals surface area (Å²) in [7, 11) is 0. The number of likely N-dealkylation sites (tertiary alicyclic amines) is 1. The van der Waals surface area contributed by atoms with Gasteiger partial charge in [-0.3, -0.25) is 4.79 Å². The molecule has 68 valence electrons. The van der Waals surface area contributed by atoms with Crippen LogP contribution in [-0.4, -0.2) is 28.2 Å². The number of nitrogens with zero attached hydrogens (tertiary/aromatic N) is 1. The van der Waals surface area contributed by atoms with E-state index in [9.17, 15) is 4.79 Å². The zero-order valence-electron chi connectivity index (χ0n) is 7.29. The monoisotopic (exact) mass is 231 g/mol. The summed E-state index contributed by atoms with van der Waals surface area (Å²) in [5.74, 6) is 1.14. The Hall–Kier alpha value is -0.0500. The third-order valence-electron chi connectivity index (χ3n) is 2.96. The van der Waals surface area contributed by atoms with Crippen molar-refractivity contribution in [1.29, 1.82) is 0 Å². The number of carbonyl (C=O) groups is 1. The third-order valence-corrected chi connectivity index (χ3v) is 3.81. The van der Waals surface area contributed by atoms with E-state index in [2.05, 4.69) is 27.8 Å². The molecule has 0 N–H and O–H groups in total. The van der Waals surface area contributed by atoms with Gasteiger partial charge in [0.15, 0.2) is 0 Å². The van der Waals surface area contributed by atoms with E-state index in [-0.39, 0.29) is 4.83 Å². The number of hydrogen-bond acceptors (Lipinski definition) is 1. The highest BCUT2D eigenvalue weighted by atomic mass is 79.9. The number of halogens is 1. The van der Waals surface area contributed by atoms with Crippen LogP contribution in [0.5, 0.6) is 0 Å². The summed E-state index contributed by atoms with van der Waals surface area (Å²) in [6.07, 6.45) is 3.42. The number of carbonyl (C=O) groups excluding carboxylic acids is 1. The minimum absolute atomic E-state index is 0.105. The number of rotatable bonds is 1. The summed E-state index contributed by atoms with van der Waals surface area (Å²) in [6, 6.07) is 0.565. The van der Waals surface area contributed by atoms with Gasteiger partial charge < -0.3 is 4.90 Å². The van der Waals surface area contributed by atoms with Crippen molar-refractivity contribution in [2.45, 2.75) is 37.1 Å². The molecule has 2 aliphatic rings. The van der Waals surface area contributed by atoms with Crippen LogP contribution < -0.4 is 0 Å². The number of alkyl halides is 1. The Morgan fingerprint density at radius 2 is 2.17 bits per heavy atom. The molecule has 1 aliphatic carbocycles. The van der Waals surface area contributed by atoms with Gasteiger partial charge in [0.25, 0.3) is 0 Å². The zero-order chi connectivity index (χ0) is 8.72. The topological polar surface area (TPSA) is 20.3 Å². The van der Waals surface area contributed by atoms with E-state index in [1.165, 1.54) is 12.8 Å². The van der Waals surface area contributed by atoms with Crippen molar-refractivity contribution in [3.8, 4) is 0 Å². The van der Waals surface area contributed by atoms with Crippen LogP contribution in [-0.2, 0) is 4.79 Å². The second-order valence-electron chi connectivity index (χ2n) is 4.02. The first-order chi connectivity index (χ1) is 5.68. The van der Waals surface area contributed by atoms with E-state index in [0.717, 1.165) is 18.9 Å². The normalized spacial score (nSPS) is 41.7. The molecular weight excluding hydrogens is 218 g/mol. The van der Waals surface area contributed by atoms with Crippen LogP contribution in [0.2, 0.25) is 0 Å². The maximum Gasteiger partial charge on any atom is 0.236 e. The van der Waals surface area contributed by atoms with Gasteiger partial charge in [0.1, 0.15) is 0 Å². The Morgan fingerprint density at radius 3 is 2.58 bits per heavy atom. The molecule has 1 aliphatic heterocycles. The van der Waals surface area contributed by atoms with Gasteiger partial charge in [0, 0.05) is 12.6 Å². The molecule has 1 heterocycles. The molecule has 1 amide bonds. The van der Waals surface area contributed by atoms with Crippen LogP contribution in [0.15, 0.2) is 0 Å². The lowest BCUT2D eigenvalue weighted by molar-refractivity contribution is -0.131. The first-order valence-electron chi connectivity index (χ1n) is 4.63. The van der Waals surface area contributed by atoms with Crippen molar-refractivity contribution < 1.29 is 4.79 Å². The Morgan fingerprint density at radius 1 is 1.50 bits per heavy atom. The average molecular weight is 232 g/mol. The molecule has 2 rings (SSSR count). The van der Waals surface area contributed by atoms with Crippen molar-refractivity contribution in [1.82, 2.24) is 4.90 Å². The fourth-order valence-corrected chi connectivity index (χ4v) is 2.61. The van der Waals surface area contributed by atoms with E-state index < -0.39 is 0 Å². The van der Waals surface area contributed by atoms with Crippen molar-refractivity contribution in [2.24, 2.45) is 5.92 Å². The van der Waals surface area contributed by atoms with E-state index in [1.54, 1.807) is 0 Å². The molecule has 12 heavy (non-hydrogen) atoms. The van der Waals surface area contributed by atoms with Gasteiger partial charge >= 0.3 is 0 Å². The predicted molar refractivity (Wildman–Crippen MR) is 51.2 cm³/mol. The molecule has 0 aromatic heterocycles. The summed E-state index contributed by atoms with van der Waals surface area (Å²) in [5.41, 5.74) is 0. The maximum absolute atomic E-state index is 11.5. The Bertz CT molecular complexity index is 201. The summed E-state index contributed by atoms with van der Waals surface area (Å²) in [6.45, 7) is 3.22. The molecule has 0 aromatic rings. The molecule has 1 unspecified atom stereocenters. The number of hydrogen-bond donors (Lipinski definition) is 0. The molecule has 0 spiro atoms. The third kappa shape index (κ3) is 1.28. The molecule has 0 bridgehead atoms. The largest absolute Gasteiger partial charge is 0.339 e. The molecule has 3 heteroatoms. The summed E-state index contributed by atoms with van der Waals surface area (Å²) in [5, 5.41) is 0. The van der Waals surface area contributed by atoms with Gasteiger partial charge in [0.05, 0.1) is 4.83 Å². The van der Waals surface area contributed by atoms with Crippen LogP contribution in [0, 0.1) is 5.92 Å². The van der Waals surface area contributed by atoms with Gasteiger partial charge in [0.2, 0.25) is 5.91 Å². The van der Waals surface area contributed by atoms with Crippen molar-refractivity contribution >= 4 is 21.8 Å². The fourth-order valence-electron chi connectivity index (χ4n) is 2.14. The standard InChI is InChI=1S/C9H14BrNO/c1-6-4-7(5-6)11-3-2-8(10)9(11)12/h6-8H,2-5H2,1H3. The molecule has 0 radical (unpaired) electrons. The minimum atomic E-state index is 0.105. The Balaban J connectivity index is 1.93. The van der Waals surface area contributed by atoms with Crippen LogP contribution in [0.4, 0.5) is 0 Å². The Kier molecular flexibility index (Phi) is 2.15. The van der Waals surface area contributed by atoms with Gasteiger partial charge in [-0.25, -0.2) is 0 Å². The molecule has 1 saturated carbocycles. The van der Waals surface area contributed by atoms with Crippen molar-refractivity contribution in [3.63, 3.8) is 0 Å². The van der Waals surface area contributed by atoms with Crippen molar-refractivity contribution in [2.75, 3.05) is 6.54 Å². The molecular formula is C9H14BrNO. The lowest BCUT2D eigenvalue weighted by Crippen LogP contribution is -2.45. The van der Waals surface area contributed by atoms with Gasteiger partial charge in [-0.1, -0.05) is 22.9 Å². The highest BCUT2D eigenvalue weighted by Gasteiger charge is 2.39. The fraction of sp³-hybridized carbons (Fsp3) is 0.889. The van der Waals surface area contributed by atoms with Crippen LogP contribution in [0.3, 0.4) is 0 Å². The van der Waals surface area contributed by atoms with Gasteiger partial charge in [-0.15, -0.1) is 0 Å². The summed E-state index contributed by atoms with van der Waals surface area (Å²) >= 11 is 3.39. The minimum Gasteiger partial charge on any atom is -0.339 e. The smallest absolute Gasteiger partial charge is 0.236 e. The lowest BCUT2D eigenvalue weighted by atomic mass is 9.81. The second-order valence-corrected chi connectivity index (χ2v) is 5.12. The zero-order valence-corrected chi connectivity index (χ0v) is 8.88. The highest BCUT2D eigenvalue weighted by Crippen LogP contribution is 2.34. The molecule has 2 nitrogen and oxygen atoms in total. The molecule has 2 fully saturated rings. The first kappa shape index (κ1) is 8.54.